The number of nitrogens with zero attached hydrogens (tertiary/aromatic N) is 3. The molecule has 1 saturated heterocycles. The molecule has 30 heavy (non-hydrogen) atoms. The molecule has 1 atom stereocenters. The molecule has 0 radical (unpaired) electrons. The number of aliphatic imine (C=N–C) groups is 1. The van der Waals surface area contributed by atoms with Gasteiger partial charge in [0.1, 0.15) is 11.5 Å². The molecule has 1 aromatic carbocycles. The van der Waals surface area contributed by atoms with Gasteiger partial charge in [0.15, 0.2) is 5.96 Å². The molecule has 2 heterocycles. The van der Waals surface area contributed by atoms with Crippen molar-refractivity contribution in [2.75, 3.05) is 40.5 Å². The lowest BCUT2D eigenvalue weighted by atomic mass is 10.1. The lowest BCUT2D eigenvalue weighted by molar-refractivity contribution is 0.181. The summed E-state index contributed by atoms with van der Waals surface area (Å²) in [7, 11) is 3.85. The second-order valence-electron chi connectivity index (χ2n) is 7.40. The summed E-state index contributed by atoms with van der Waals surface area (Å²) in [5.41, 5.74) is 0.961. The van der Waals surface area contributed by atoms with E-state index in [0.717, 1.165) is 55.6 Å². The van der Waals surface area contributed by atoms with Gasteiger partial charge in [0.25, 0.3) is 0 Å². The van der Waals surface area contributed by atoms with Gasteiger partial charge in [-0.15, -0.1) is 0 Å². The van der Waals surface area contributed by atoms with E-state index in [2.05, 4.69) is 34.2 Å². The molecule has 1 N–H and O–H groups in total. The van der Waals surface area contributed by atoms with E-state index in [1.807, 2.05) is 36.4 Å². The Balaban J connectivity index is 1.59. The molecule has 7 nitrogen and oxygen atoms in total. The molecule has 1 fully saturated rings. The van der Waals surface area contributed by atoms with Crippen molar-refractivity contribution < 1.29 is 14.2 Å². The predicted octanol–water partition coefficient (Wildman–Crippen LogP) is 3.71. The first kappa shape index (κ1) is 21.9. The second kappa shape index (κ2) is 11.4. The predicted molar refractivity (Wildman–Crippen MR) is 118 cm³/mol. The first-order valence-corrected chi connectivity index (χ1v) is 10.5. The van der Waals surface area contributed by atoms with Gasteiger partial charge in [0.2, 0.25) is 5.88 Å². The fraction of sp³-hybridized carbons (Fsp3) is 0.478. The molecule has 1 unspecified atom stereocenters. The van der Waals surface area contributed by atoms with Crippen molar-refractivity contribution in [2.45, 2.75) is 26.3 Å². The van der Waals surface area contributed by atoms with Crippen molar-refractivity contribution in [3.05, 3.63) is 48.2 Å². The topological polar surface area (TPSA) is 68.2 Å². The maximum absolute atomic E-state index is 6.03. The van der Waals surface area contributed by atoms with E-state index >= 15 is 0 Å². The minimum Gasteiger partial charge on any atom is -0.494 e. The molecule has 2 aromatic rings. The normalized spacial score (nSPS) is 16.4. The SMILES string of the molecule is CCCOc1ccc(Oc2ncccc2CNC(=NC)N(C)CC2CCOC2)cc1. The van der Waals surface area contributed by atoms with Gasteiger partial charge in [-0.25, -0.2) is 4.98 Å². The third-order valence-electron chi connectivity index (χ3n) is 4.93. The molecular formula is C23H32N4O3. The van der Waals surface area contributed by atoms with Gasteiger partial charge in [-0.2, -0.15) is 0 Å². The average molecular weight is 413 g/mol. The third kappa shape index (κ3) is 6.35. The summed E-state index contributed by atoms with van der Waals surface area (Å²) in [5.74, 6) is 3.53. The molecule has 0 amide bonds. The van der Waals surface area contributed by atoms with Gasteiger partial charge in [-0.05, 0) is 43.2 Å². The zero-order valence-corrected chi connectivity index (χ0v) is 18.1. The molecule has 7 heteroatoms. The maximum atomic E-state index is 6.03. The lowest BCUT2D eigenvalue weighted by Crippen LogP contribution is -2.41. The van der Waals surface area contributed by atoms with Gasteiger partial charge in [-0.1, -0.05) is 13.0 Å². The van der Waals surface area contributed by atoms with Crippen molar-refractivity contribution in [2.24, 2.45) is 10.9 Å². The van der Waals surface area contributed by atoms with Gasteiger partial charge in [-0.3, -0.25) is 4.99 Å². The van der Waals surface area contributed by atoms with E-state index < -0.39 is 0 Å². The van der Waals surface area contributed by atoms with E-state index in [9.17, 15) is 0 Å². The first-order valence-electron chi connectivity index (χ1n) is 10.5. The summed E-state index contributed by atoms with van der Waals surface area (Å²) in [6, 6.07) is 11.5. The number of ether oxygens (including phenoxy) is 3. The van der Waals surface area contributed by atoms with Crippen LogP contribution in [0.1, 0.15) is 25.3 Å². The Kier molecular flexibility index (Phi) is 8.32. The van der Waals surface area contributed by atoms with Crippen LogP contribution in [0.3, 0.4) is 0 Å². The number of benzene rings is 1. The summed E-state index contributed by atoms with van der Waals surface area (Å²) >= 11 is 0. The zero-order chi connectivity index (χ0) is 21.2. The molecule has 1 aromatic heterocycles. The van der Waals surface area contributed by atoms with Crippen molar-refractivity contribution in [1.29, 1.82) is 0 Å². The van der Waals surface area contributed by atoms with Crippen molar-refractivity contribution >= 4 is 5.96 Å². The Morgan fingerprint density at radius 1 is 1.27 bits per heavy atom. The molecule has 0 aliphatic carbocycles. The second-order valence-corrected chi connectivity index (χ2v) is 7.40. The molecular weight excluding hydrogens is 380 g/mol. The van der Waals surface area contributed by atoms with Crippen LogP contribution in [0.4, 0.5) is 0 Å². The molecule has 3 rings (SSSR count). The molecule has 162 valence electrons. The monoisotopic (exact) mass is 412 g/mol. The van der Waals surface area contributed by atoms with E-state index in [1.54, 1.807) is 13.2 Å². The zero-order valence-electron chi connectivity index (χ0n) is 18.1. The highest BCUT2D eigenvalue weighted by atomic mass is 16.5. The largest absolute Gasteiger partial charge is 0.494 e. The molecule has 0 saturated carbocycles. The molecule has 1 aliphatic rings. The standard InChI is InChI=1S/C23H32N4O3/c1-4-13-29-20-7-9-21(10-8-20)30-22-19(6-5-12-25-22)15-26-23(24-2)27(3)16-18-11-14-28-17-18/h5-10,12,18H,4,11,13-17H2,1-3H3,(H,24,26). The van der Waals surface area contributed by atoms with Gasteiger partial charge in [0, 0.05) is 51.5 Å². The summed E-state index contributed by atoms with van der Waals surface area (Å²) in [4.78, 5) is 11.0. The van der Waals surface area contributed by atoms with Crippen molar-refractivity contribution in [3.63, 3.8) is 0 Å². The van der Waals surface area contributed by atoms with E-state index in [0.29, 0.717) is 24.9 Å². The first-order chi connectivity index (χ1) is 14.7. The summed E-state index contributed by atoms with van der Waals surface area (Å²) in [5, 5.41) is 3.41. The Bertz CT molecular complexity index is 804. The number of rotatable bonds is 9. The minimum atomic E-state index is 0.551. The van der Waals surface area contributed by atoms with E-state index in [4.69, 9.17) is 14.2 Å². The van der Waals surface area contributed by atoms with Crippen LogP contribution in [-0.2, 0) is 11.3 Å². The van der Waals surface area contributed by atoms with Gasteiger partial charge < -0.3 is 24.4 Å². The minimum absolute atomic E-state index is 0.551. The fourth-order valence-corrected chi connectivity index (χ4v) is 3.35. The van der Waals surface area contributed by atoms with Crippen molar-refractivity contribution in [1.82, 2.24) is 15.2 Å². The van der Waals surface area contributed by atoms with Gasteiger partial charge >= 0.3 is 0 Å². The van der Waals surface area contributed by atoms with Gasteiger partial charge in [0.05, 0.1) is 13.2 Å². The van der Waals surface area contributed by atoms with Crippen LogP contribution in [0, 0.1) is 5.92 Å². The average Bonchev–Trinajstić information content (AvgIpc) is 3.28. The fourth-order valence-electron chi connectivity index (χ4n) is 3.35. The number of guanidine groups is 1. The highest BCUT2D eigenvalue weighted by Crippen LogP contribution is 2.25. The van der Waals surface area contributed by atoms with Crippen LogP contribution in [0.25, 0.3) is 0 Å². The Morgan fingerprint density at radius 2 is 2.07 bits per heavy atom. The summed E-state index contributed by atoms with van der Waals surface area (Å²) < 4.78 is 17.1. The smallest absolute Gasteiger partial charge is 0.224 e. The number of hydrogen-bond donors (Lipinski definition) is 1. The van der Waals surface area contributed by atoms with Crippen LogP contribution in [0.2, 0.25) is 0 Å². The van der Waals surface area contributed by atoms with Crippen LogP contribution < -0.4 is 14.8 Å². The quantitative estimate of drug-likeness (QED) is 0.500. The summed E-state index contributed by atoms with van der Waals surface area (Å²) in [6.07, 6.45) is 3.82. The van der Waals surface area contributed by atoms with Crippen LogP contribution in [0.5, 0.6) is 17.4 Å². The van der Waals surface area contributed by atoms with E-state index in [-0.39, 0.29) is 0 Å². The molecule has 1 aliphatic heterocycles. The third-order valence-corrected chi connectivity index (χ3v) is 4.93. The molecule has 0 bridgehead atoms. The Labute approximate surface area is 179 Å². The Hall–Kier alpha value is -2.80. The van der Waals surface area contributed by atoms with Crippen LogP contribution >= 0.6 is 0 Å². The van der Waals surface area contributed by atoms with Crippen LogP contribution in [0.15, 0.2) is 47.6 Å². The van der Waals surface area contributed by atoms with E-state index in [1.165, 1.54) is 0 Å². The number of pyridine rings is 1. The number of nitrogens with one attached hydrogen (secondary N) is 1. The summed E-state index contributed by atoms with van der Waals surface area (Å²) in [6.45, 7) is 5.96. The van der Waals surface area contributed by atoms with Crippen molar-refractivity contribution in [3.8, 4) is 17.4 Å². The maximum Gasteiger partial charge on any atom is 0.224 e. The highest BCUT2D eigenvalue weighted by Gasteiger charge is 2.19. The lowest BCUT2D eigenvalue weighted by Gasteiger charge is -2.24. The number of aromatic nitrogens is 1. The van der Waals surface area contributed by atoms with Crippen LogP contribution in [-0.4, -0.2) is 56.3 Å². The Morgan fingerprint density at radius 3 is 2.77 bits per heavy atom. The highest BCUT2D eigenvalue weighted by molar-refractivity contribution is 5.79. The molecule has 0 spiro atoms. The number of hydrogen-bond acceptors (Lipinski definition) is 5.